The van der Waals surface area contributed by atoms with E-state index in [0.29, 0.717) is 0 Å². The fourth-order valence-electron chi connectivity index (χ4n) is 3.68. The predicted octanol–water partition coefficient (Wildman–Crippen LogP) is 3.90. The number of nitrogens with one attached hydrogen (secondary N) is 1. The fraction of sp³-hybridized carbons (Fsp3) is 0.435. The molecule has 2 aromatic rings. The zero-order chi connectivity index (χ0) is 20.6. The number of aliphatic imine (C=N–C) groups is 1. The molecule has 6 nitrogen and oxygen atoms in total. The molecular weight excluding hydrogens is 493 g/mol. The third kappa shape index (κ3) is 5.93. The maximum Gasteiger partial charge on any atom is 0.193 e. The molecule has 0 aliphatic carbocycles. The summed E-state index contributed by atoms with van der Waals surface area (Å²) in [6.07, 6.45) is 3.02. The lowest BCUT2D eigenvalue weighted by Crippen LogP contribution is -2.44. The van der Waals surface area contributed by atoms with E-state index in [0.717, 1.165) is 62.1 Å². The van der Waals surface area contributed by atoms with Gasteiger partial charge in [-0.25, -0.2) is 0 Å². The molecule has 1 aliphatic heterocycles. The smallest absolute Gasteiger partial charge is 0.193 e. The molecule has 0 aromatic heterocycles. The monoisotopic (exact) mass is 525 g/mol. The first-order chi connectivity index (χ1) is 14.2. The Balaban J connectivity index is 0.00000320. The van der Waals surface area contributed by atoms with Crippen LogP contribution in [0.4, 0.5) is 0 Å². The Kier molecular flexibility index (Phi) is 9.55. The van der Waals surface area contributed by atoms with E-state index in [9.17, 15) is 0 Å². The summed E-state index contributed by atoms with van der Waals surface area (Å²) >= 11 is 0. The lowest BCUT2D eigenvalue weighted by atomic mass is 9.99. The number of nitrogens with zero attached hydrogens (tertiary/aromatic N) is 2. The molecule has 1 N–H and O–H groups in total. The second-order valence-electron chi connectivity index (χ2n) is 7.07. The minimum Gasteiger partial charge on any atom is -0.497 e. The molecule has 0 saturated carbocycles. The number of ether oxygens (including phenoxy) is 3. The first-order valence-corrected chi connectivity index (χ1v) is 10.0. The molecule has 0 atom stereocenters. The first-order valence-electron chi connectivity index (χ1n) is 10.0. The maximum atomic E-state index is 5.46. The normalized spacial score (nSPS) is 13.2. The van der Waals surface area contributed by atoms with Crippen LogP contribution in [0.2, 0.25) is 0 Å². The molecule has 0 saturated heterocycles. The average molecular weight is 525 g/mol. The second kappa shape index (κ2) is 11.9. The molecule has 164 valence electrons. The summed E-state index contributed by atoms with van der Waals surface area (Å²) in [6.45, 7) is 2.63. The van der Waals surface area contributed by atoms with E-state index in [2.05, 4.69) is 39.5 Å². The van der Waals surface area contributed by atoms with Crippen LogP contribution in [0.5, 0.6) is 17.2 Å². The minimum absolute atomic E-state index is 0. The number of aryl methyl sites for hydroxylation is 1. The van der Waals surface area contributed by atoms with Crippen LogP contribution in [0.25, 0.3) is 0 Å². The van der Waals surface area contributed by atoms with E-state index in [-0.39, 0.29) is 24.0 Å². The molecule has 1 heterocycles. The average Bonchev–Trinajstić information content (AvgIpc) is 2.78. The molecular formula is C23H32IN3O3. The van der Waals surface area contributed by atoms with Gasteiger partial charge in [-0.15, -0.1) is 24.0 Å². The van der Waals surface area contributed by atoms with E-state index in [1.807, 2.05) is 19.2 Å². The Morgan fingerprint density at radius 1 is 1.00 bits per heavy atom. The van der Waals surface area contributed by atoms with Crippen LogP contribution in [0.1, 0.15) is 23.1 Å². The van der Waals surface area contributed by atoms with Crippen LogP contribution >= 0.6 is 24.0 Å². The summed E-state index contributed by atoms with van der Waals surface area (Å²) in [5.41, 5.74) is 3.89. The van der Waals surface area contributed by atoms with Crippen molar-refractivity contribution in [1.82, 2.24) is 10.2 Å². The summed E-state index contributed by atoms with van der Waals surface area (Å²) in [6, 6.07) is 12.4. The Labute approximate surface area is 196 Å². The fourth-order valence-corrected chi connectivity index (χ4v) is 3.68. The minimum atomic E-state index is 0. The molecule has 2 aromatic carbocycles. The highest BCUT2D eigenvalue weighted by molar-refractivity contribution is 14.0. The largest absolute Gasteiger partial charge is 0.497 e. The van der Waals surface area contributed by atoms with Crippen molar-refractivity contribution in [1.29, 1.82) is 0 Å². The van der Waals surface area contributed by atoms with Gasteiger partial charge >= 0.3 is 0 Å². The molecule has 30 heavy (non-hydrogen) atoms. The van der Waals surface area contributed by atoms with Crippen LogP contribution in [0.15, 0.2) is 41.4 Å². The third-order valence-electron chi connectivity index (χ3n) is 5.31. The van der Waals surface area contributed by atoms with Crippen molar-refractivity contribution in [2.24, 2.45) is 4.99 Å². The molecule has 3 rings (SSSR count). The summed E-state index contributed by atoms with van der Waals surface area (Å²) in [7, 11) is 6.89. The van der Waals surface area contributed by atoms with Gasteiger partial charge in [-0.05, 0) is 60.2 Å². The summed E-state index contributed by atoms with van der Waals surface area (Å²) in [5.74, 6) is 3.41. The van der Waals surface area contributed by atoms with Gasteiger partial charge in [-0.3, -0.25) is 4.99 Å². The van der Waals surface area contributed by atoms with Crippen molar-refractivity contribution in [2.45, 2.75) is 25.8 Å². The number of hydrogen-bond acceptors (Lipinski definition) is 4. The zero-order valence-corrected chi connectivity index (χ0v) is 20.6. The summed E-state index contributed by atoms with van der Waals surface area (Å²) in [5, 5.41) is 3.51. The van der Waals surface area contributed by atoms with Crippen LogP contribution in [-0.2, 0) is 19.4 Å². The van der Waals surface area contributed by atoms with Gasteiger partial charge in [0, 0.05) is 26.7 Å². The van der Waals surface area contributed by atoms with Crippen molar-refractivity contribution in [3.05, 3.63) is 53.1 Å². The lowest BCUT2D eigenvalue weighted by Gasteiger charge is -2.32. The van der Waals surface area contributed by atoms with Crippen LogP contribution in [-0.4, -0.2) is 52.3 Å². The number of halogens is 1. The molecule has 0 unspecified atom stereocenters. The molecule has 0 spiro atoms. The zero-order valence-electron chi connectivity index (χ0n) is 18.2. The molecule has 0 radical (unpaired) electrons. The van der Waals surface area contributed by atoms with Gasteiger partial charge in [-0.1, -0.05) is 12.1 Å². The van der Waals surface area contributed by atoms with Crippen LogP contribution in [0.3, 0.4) is 0 Å². The molecule has 0 amide bonds. The van der Waals surface area contributed by atoms with Gasteiger partial charge in [0.15, 0.2) is 17.5 Å². The Morgan fingerprint density at radius 2 is 1.67 bits per heavy atom. The van der Waals surface area contributed by atoms with Gasteiger partial charge in [0.25, 0.3) is 0 Å². The number of benzene rings is 2. The van der Waals surface area contributed by atoms with Gasteiger partial charge in [0.1, 0.15) is 5.75 Å². The highest BCUT2D eigenvalue weighted by Crippen LogP contribution is 2.33. The standard InChI is InChI=1S/C23H31N3O3.HI/c1-24-23(25-12-5-6-17-7-9-20(27-2)10-8-17)26-13-11-18-14-21(28-3)22(29-4)15-19(18)16-26;/h7-10,14-15H,5-6,11-13,16H2,1-4H3,(H,24,25);1H. The molecule has 0 bridgehead atoms. The van der Waals surface area contributed by atoms with Crippen molar-refractivity contribution >= 4 is 29.9 Å². The van der Waals surface area contributed by atoms with Crippen molar-refractivity contribution < 1.29 is 14.2 Å². The summed E-state index contributed by atoms with van der Waals surface area (Å²) in [4.78, 5) is 6.78. The lowest BCUT2D eigenvalue weighted by molar-refractivity contribution is 0.346. The number of fused-ring (bicyclic) bond motifs is 1. The van der Waals surface area contributed by atoms with E-state index in [1.165, 1.54) is 16.7 Å². The van der Waals surface area contributed by atoms with E-state index < -0.39 is 0 Å². The number of guanidine groups is 1. The SMILES string of the molecule is CN=C(NCCCc1ccc(OC)cc1)N1CCc2cc(OC)c(OC)cc2C1.I. The number of methoxy groups -OCH3 is 3. The first kappa shape index (κ1) is 24.1. The van der Waals surface area contributed by atoms with Crippen LogP contribution < -0.4 is 19.5 Å². The van der Waals surface area contributed by atoms with Crippen molar-refractivity contribution in [3.63, 3.8) is 0 Å². The van der Waals surface area contributed by atoms with Gasteiger partial charge < -0.3 is 24.4 Å². The maximum absolute atomic E-state index is 5.46. The topological polar surface area (TPSA) is 55.3 Å². The predicted molar refractivity (Wildman–Crippen MR) is 132 cm³/mol. The van der Waals surface area contributed by atoms with E-state index >= 15 is 0 Å². The number of hydrogen-bond donors (Lipinski definition) is 1. The van der Waals surface area contributed by atoms with Gasteiger partial charge in [-0.2, -0.15) is 0 Å². The Hall–Kier alpha value is -2.16. The molecule has 0 fully saturated rings. The van der Waals surface area contributed by atoms with Gasteiger partial charge in [0.05, 0.1) is 21.3 Å². The van der Waals surface area contributed by atoms with Gasteiger partial charge in [0.2, 0.25) is 0 Å². The second-order valence-corrected chi connectivity index (χ2v) is 7.07. The van der Waals surface area contributed by atoms with Crippen molar-refractivity contribution in [2.75, 3.05) is 41.5 Å². The molecule has 1 aliphatic rings. The van der Waals surface area contributed by atoms with Crippen LogP contribution in [0, 0.1) is 0 Å². The number of rotatable bonds is 7. The van der Waals surface area contributed by atoms with Crippen molar-refractivity contribution in [3.8, 4) is 17.2 Å². The molecule has 7 heteroatoms. The highest BCUT2D eigenvalue weighted by atomic mass is 127. The Bertz CT molecular complexity index is 840. The highest BCUT2D eigenvalue weighted by Gasteiger charge is 2.21. The summed E-state index contributed by atoms with van der Waals surface area (Å²) < 4.78 is 16.1. The third-order valence-corrected chi connectivity index (χ3v) is 5.31. The van der Waals surface area contributed by atoms with E-state index in [1.54, 1.807) is 21.3 Å². The van der Waals surface area contributed by atoms with E-state index in [4.69, 9.17) is 14.2 Å². The quantitative estimate of drug-likeness (QED) is 0.257. The Morgan fingerprint density at radius 3 is 2.27 bits per heavy atom.